The molecule has 2 aliphatic heterocycles. The first-order valence-corrected chi connectivity index (χ1v) is 11.3. The Labute approximate surface area is 177 Å². The first-order valence-electron chi connectivity index (χ1n) is 10.2. The number of fused-ring (bicyclic) bond motifs is 3. The predicted molar refractivity (Wildman–Crippen MR) is 113 cm³/mol. The summed E-state index contributed by atoms with van der Waals surface area (Å²) in [7, 11) is -1.21. The first-order chi connectivity index (χ1) is 14.6. The van der Waals surface area contributed by atoms with E-state index in [2.05, 4.69) is 33.8 Å². The van der Waals surface area contributed by atoms with E-state index in [1.165, 1.54) is 0 Å². The maximum Gasteiger partial charge on any atom is 0.178 e. The van der Waals surface area contributed by atoms with Crippen molar-refractivity contribution in [2.75, 3.05) is 32.8 Å². The zero-order valence-electron chi connectivity index (χ0n) is 17.1. The van der Waals surface area contributed by atoms with Crippen molar-refractivity contribution >= 4 is 11.0 Å². The van der Waals surface area contributed by atoms with E-state index in [1.54, 1.807) is 6.33 Å². The van der Waals surface area contributed by atoms with Gasteiger partial charge in [-0.25, -0.2) is 23.2 Å². The maximum absolute atomic E-state index is 13.1. The molecule has 2 aromatic heterocycles. The van der Waals surface area contributed by atoms with E-state index in [-0.39, 0.29) is 6.04 Å². The van der Waals surface area contributed by atoms with Crippen molar-refractivity contribution in [1.82, 2.24) is 33.9 Å². The molecule has 0 bridgehead atoms. The lowest BCUT2D eigenvalue weighted by Gasteiger charge is -2.26. The average molecular weight is 428 g/mol. The van der Waals surface area contributed by atoms with E-state index in [9.17, 15) is 4.21 Å². The number of rotatable bonds is 4. The third kappa shape index (κ3) is 3.44. The van der Waals surface area contributed by atoms with Crippen LogP contribution in [0.25, 0.3) is 22.9 Å². The van der Waals surface area contributed by atoms with Crippen LogP contribution in [0.4, 0.5) is 0 Å². The van der Waals surface area contributed by atoms with Crippen molar-refractivity contribution in [2.45, 2.75) is 31.3 Å². The summed E-state index contributed by atoms with van der Waals surface area (Å²) in [4.78, 5) is 10.1. The molecule has 0 amide bonds. The van der Waals surface area contributed by atoms with Gasteiger partial charge in [0, 0.05) is 38.4 Å². The molecule has 0 radical (unpaired) electrons. The minimum absolute atomic E-state index is 0.188. The summed E-state index contributed by atoms with van der Waals surface area (Å²) in [5, 5.41) is 7.63. The number of benzene rings is 1. The van der Waals surface area contributed by atoms with E-state index < -0.39 is 11.0 Å². The van der Waals surface area contributed by atoms with Crippen LogP contribution in [0.5, 0.6) is 5.75 Å². The van der Waals surface area contributed by atoms with Crippen molar-refractivity contribution in [2.24, 2.45) is 0 Å². The van der Waals surface area contributed by atoms with Crippen LogP contribution in [0.3, 0.4) is 0 Å². The van der Waals surface area contributed by atoms with Crippen molar-refractivity contribution in [3.8, 4) is 28.7 Å². The van der Waals surface area contributed by atoms with Crippen LogP contribution in [0.15, 0.2) is 35.6 Å². The quantitative estimate of drug-likeness (QED) is 0.682. The van der Waals surface area contributed by atoms with Gasteiger partial charge in [0.05, 0.1) is 17.0 Å². The number of piperazine rings is 1. The zero-order valence-corrected chi connectivity index (χ0v) is 17.9. The Hall–Kier alpha value is -2.56. The molecular formula is C20H25N7O2S. The minimum Gasteiger partial charge on any atom is -0.491 e. The lowest BCUT2D eigenvalue weighted by Crippen LogP contribution is -2.44. The van der Waals surface area contributed by atoms with Gasteiger partial charge in [-0.2, -0.15) is 5.10 Å². The summed E-state index contributed by atoms with van der Waals surface area (Å²) >= 11 is 0. The van der Waals surface area contributed by atoms with Crippen molar-refractivity contribution in [3.63, 3.8) is 0 Å². The smallest absolute Gasteiger partial charge is 0.178 e. The molecule has 158 valence electrons. The topological polar surface area (TPSA) is 90.1 Å². The molecule has 0 saturated carbocycles. The van der Waals surface area contributed by atoms with Crippen LogP contribution < -0.4 is 10.1 Å². The van der Waals surface area contributed by atoms with Crippen LogP contribution in [0, 0.1) is 0 Å². The Morgan fingerprint density at radius 3 is 2.80 bits per heavy atom. The monoisotopic (exact) mass is 427 g/mol. The summed E-state index contributed by atoms with van der Waals surface area (Å²) in [6.45, 7) is 8.61. The Morgan fingerprint density at radius 2 is 2.00 bits per heavy atom. The minimum atomic E-state index is -1.21. The van der Waals surface area contributed by atoms with Gasteiger partial charge in [-0.05, 0) is 32.0 Å². The molecular weight excluding hydrogens is 402 g/mol. The molecule has 1 unspecified atom stereocenters. The number of imidazole rings is 1. The SMILES string of the molecule is CC(C)n1ncnc1-c1cn2c(n1)-c1cc(S(=O)N3CCNCC3)ccc1OCC2. The first kappa shape index (κ1) is 19.4. The second-order valence-corrected chi connectivity index (χ2v) is 9.19. The Kier molecular flexibility index (Phi) is 5.13. The van der Waals surface area contributed by atoms with Crippen molar-refractivity contribution < 1.29 is 8.95 Å². The van der Waals surface area contributed by atoms with Crippen LogP contribution in [-0.2, 0) is 17.5 Å². The number of hydrogen-bond acceptors (Lipinski definition) is 6. The van der Waals surface area contributed by atoms with Gasteiger partial charge in [-0.3, -0.25) is 0 Å². The standard InChI is InChI=1S/C20H25N7O2S/c1-14(2)27-20(22-13-23-27)17-12-25-9-10-29-18-4-3-15(11-16(18)19(25)24-17)30(28)26-7-5-21-6-8-26/h3-4,11-14,21H,5-10H2,1-2H3. The lowest BCUT2D eigenvalue weighted by atomic mass is 10.2. The van der Waals surface area contributed by atoms with Gasteiger partial charge in [0.25, 0.3) is 0 Å². The fraction of sp³-hybridized carbons (Fsp3) is 0.450. The number of nitrogens with zero attached hydrogens (tertiary/aromatic N) is 6. The summed E-state index contributed by atoms with van der Waals surface area (Å²) in [5.41, 5.74) is 1.63. The van der Waals surface area contributed by atoms with Crippen LogP contribution in [0.2, 0.25) is 0 Å². The molecule has 9 nitrogen and oxygen atoms in total. The van der Waals surface area contributed by atoms with E-state index >= 15 is 0 Å². The molecule has 1 fully saturated rings. The van der Waals surface area contributed by atoms with Gasteiger partial charge in [0.15, 0.2) is 5.82 Å². The number of aromatic nitrogens is 5. The van der Waals surface area contributed by atoms with Crippen molar-refractivity contribution in [3.05, 3.63) is 30.7 Å². The van der Waals surface area contributed by atoms with Crippen LogP contribution in [-0.4, -0.2) is 65.6 Å². The van der Waals surface area contributed by atoms with Crippen LogP contribution in [0.1, 0.15) is 19.9 Å². The Bertz CT molecular complexity index is 1080. The molecule has 5 rings (SSSR count). The Morgan fingerprint density at radius 1 is 1.17 bits per heavy atom. The third-order valence-corrected chi connectivity index (χ3v) is 6.85. The summed E-state index contributed by atoms with van der Waals surface area (Å²) in [5.74, 6) is 2.31. The molecule has 2 aliphatic rings. The van der Waals surface area contributed by atoms with Gasteiger partial charge < -0.3 is 14.6 Å². The van der Waals surface area contributed by atoms with E-state index in [0.717, 1.165) is 59.7 Å². The van der Waals surface area contributed by atoms with Gasteiger partial charge >= 0.3 is 0 Å². The molecule has 1 N–H and O–H groups in total. The van der Waals surface area contributed by atoms with E-state index in [1.807, 2.05) is 33.4 Å². The lowest BCUT2D eigenvalue weighted by molar-refractivity contribution is 0.306. The summed E-state index contributed by atoms with van der Waals surface area (Å²) in [6.07, 6.45) is 3.56. The highest BCUT2D eigenvalue weighted by Crippen LogP contribution is 2.35. The Balaban J connectivity index is 1.55. The zero-order chi connectivity index (χ0) is 20.7. The maximum atomic E-state index is 13.1. The molecule has 0 spiro atoms. The van der Waals surface area contributed by atoms with Gasteiger partial charge in [0.2, 0.25) is 0 Å². The highest BCUT2D eigenvalue weighted by atomic mass is 32.2. The van der Waals surface area contributed by atoms with Gasteiger partial charge in [0.1, 0.15) is 41.2 Å². The molecule has 10 heteroatoms. The molecule has 1 atom stereocenters. The number of nitrogens with one attached hydrogen (secondary N) is 1. The second kappa shape index (κ2) is 7.93. The van der Waals surface area contributed by atoms with Gasteiger partial charge in [-0.1, -0.05) is 0 Å². The van der Waals surface area contributed by atoms with E-state index in [4.69, 9.17) is 9.72 Å². The molecule has 1 saturated heterocycles. The molecule has 30 heavy (non-hydrogen) atoms. The highest BCUT2D eigenvalue weighted by molar-refractivity contribution is 7.82. The fourth-order valence-corrected chi connectivity index (χ4v) is 5.07. The van der Waals surface area contributed by atoms with Gasteiger partial charge in [-0.15, -0.1) is 0 Å². The highest BCUT2D eigenvalue weighted by Gasteiger charge is 2.24. The normalized spacial score (nSPS) is 17.8. The average Bonchev–Trinajstić information content (AvgIpc) is 3.38. The summed E-state index contributed by atoms with van der Waals surface area (Å²) in [6, 6.07) is 5.94. The second-order valence-electron chi connectivity index (χ2n) is 7.70. The molecule has 4 heterocycles. The fourth-order valence-electron chi connectivity index (χ4n) is 3.85. The predicted octanol–water partition coefficient (Wildman–Crippen LogP) is 1.71. The largest absolute Gasteiger partial charge is 0.491 e. The molecule has 1 aromatic carbocycles. The molecule has 0 aliphatic carbocycles. The number of ether oxygens (including phenoxy) is 1. The molecule has 3 aromatic rings. The van der Waals surface area contributed by atoms with Crippen molar-refractivity contribution in [1.29, 1.82) is 0 Å². The summed E-state index contributed by atoms with van der Waals surface area (Å²) < 4.78 is 25.0. The third-order valence-electron chi connectivity index (χ3n) is 5.36. The van der Waals surface area contributed by atoms with Crippen LogP contribution >= 0.6 is 0 Å². The van der Waals surface area contributed by atoms with E-state index in [0.29, 0.717) is 13.2 Å². The number of hydrogen-bond donors (Lipinski definition) is 1.